The summed E-state index contributed by atoms with van der Waals surface area (Å²) in [6.07, 6.45) is 1.47. The molecule has 0 saturated carbocycles. The van der Waals surface area contributed by atoms with E-state index in [4.69, 9.17) is 5.73 Å². The lowest BCUT2D eigenvalue weighted by Gasteiger charge is -2.07. The summed E-state index contributed by atoms with van der Waals surface area (Å²) in [5, 5.41) is 16.3. The second-order valence-electron chi connectivity index (χ2n) is 5.01. The van der Waals surface area contributed by atoms with Gasteiger partial charge in [-0.15, -0.1) is 0 Å². The summed E-state index contributed by atoms with van der Waals surface area (Å²) in [7, 11) is 0. The zero-order valence-corrected chi connectivity index (χ0v) is 12.4. The van der Waals surface area contributed by atoms with Gasteiger partial charge in [-0.2, -0.15) is 5.10 Å². The topological polar surface area (TPSA) is 123 Å². The number of nitrogens with one attached hydrogen (secondary N) is 1. The number of hydrogen-bond donors (Lipinski definition) is 3. The molecule has 1 aromatic carbocycles. The van der Waals surface area contributed by atoms with Crippen LogP contribution >= 0.6 is 0 Å². The minimum atomic E-state index is -1.08. The van der Waals surface area contributed by atoms with Crippen molar-refractivity contribution in [1.82, 2.24) is 14.6 Å². The van der Waals surface area contributed by atoms with Crippen LogP contribution in [0.2, 0.25) is 0 Å². The normalized spacial score (nSPS) is 10.8. The first-order valence-corrected chi connectivity index (χ1v) is 6.82. The number of amides is 2. The second-order valence-corrected chi connectivity index (χ2v) is 5.01. The maximum atomic E-state index is 14.5. The Labute approximate surface area is 134 Å². The van der Waals surface area contributed by atoms with Gasteiger partial charge < -0.3 is 16.2 Å². The molecular formula is C15H12FN5O3. The van der Waals surface area contributed by atoms with E-state index in [-0.39, 0.29) is 17.2 Å². The van der Waals surface area contributed by atoms with Crippen LogP contribution in [0.1, 0.15) is 17.3 Å². The number of hydrogen-bond acceptors (Lipinski definition) is 5. The van der Waals surface area contributed by atoms with Crippen LogP contribution in [-0.4, -0.2) is 31.5 Å². The number of rotatable bonds is 3. The Balaban J connectivity index is 2.11. The molecule has 8 nitrogen and oxygen atoms in total. The molecule has 4 N–H and O–H groups in total. The Kier molecular flexibility index (Phi) is 3.60. The smallest absolute Gasteiger partial charge is 0.255 e. The van der Waals surface area contributed by atoms with Gasteiger partial charge in [-0.25, -0.2) is 13.9 Å². The summed E-state index contributed by atoms with van der Waals surface area (Å²) in [4.78, 5) is 26.5. The second kappa shape index (κ2) is 5.61. The lowest BCUT2D eigenvalue weighted by Crippen LogP contribution is -2.14. The average molecular weight is 329 g/mol. The lowest BCUT2D eigenvalue weighted by molar-refractivity contribution is -0.114. The Morgan fingerprint density at radius 3 is 2.71 bits per heavy atom. The Hall–Kier alpha value is -3.49. The van der Waals surface area contributed by atoms with Crippen molar-refractivity contribution in [1.29, 1.82) is 0 Å². The maximum absolute atomic E-state index is 14.5. The third-order valence-corrected chi connectivity index (χ3v) is 3.27. The van der Waals surface area contributed by atoms with Crippen molar-refractivity contribution < 1.29 is 19.1 Å². The van der Waals surface area contributed by atoms with Gasteiger partial charge in [0.2, 0.25) is 5.91 Å². The van der Waals surface area contributed by atoms with Gasteiger partial charge in [-0.1, -0.05) is 0 Å². The number of nitrogens with two attached hydrogens (primary N) is 1. The highest BCUT2D eigenvalue weighted by molar-refractivity contribution is 5.97. The molecule has 0 aliphatic rings. The molecule has 0 aliphatic heterocycles. The molecule has 0 radical (unpaired) electrons. The van der Waals surface area contributed by atoms with Crippen LogP contribution in [-0.2, 0) is 4.79 Å². The summed E-state index contributed by atoms with van der Waals surface area (Å²) in [6, 6.07) is 5.53. The molecular weight excluding hydrogens is 317 g/mol. The van der Waals surface area contributed by atoms with Crippen LogP contribution in [0.25, 0.3) is 16.9 Å². The van der Waals surface area contributed by atoms with E-state index in [1.807, 2.05) is 0 Å². The van der Waals surface area contributed by atoms with Gasteiger partial charge >= 0.3 is 0 Å². The lowest BCUT2D eigenvalue weighted by atomic mass is 10.1. The number of nitrogens with zero attached hydrogens (tertiary/aromatic N) is 3. The van der Waals surface area contributed by atoms with Crippen molar-refractivity contribution in [2.24, 2.45) is 5.73 Å². The summed E-state index contributed by atoms with van der Waals surface area (Å²) >= 11 is 0. The highest BCUT2D eigenvalue weighted by Gasteiger charge is 2.19. The largest absolute Gasteiger partial charge is 0.507 e. The quantitative estimate of drug-likeness (QED) is 0.668. The average Bonchev–Trinajstić information content (AvgIpc) is 2.87. The fourth-order valence-electron chi connectivity index (χ4n) is 2.26. The third-order valence-electron chi connectivity index (χ3n) is 3.27. The number of halogens is 1. The zero-order chi connectivity index (χ0) is 17.4. The van der Waals surface area contributed by atoms with Gasteiger partial charge in [-0.3, -0.25) is 9.59 Å². The van der Waals surface area contributed by atoms with E-state index >= 15 is 0 Å². The maximum Gasteiger partial charge on any atom is 0.255 e. The first-order chi connectivity index (χ1) is 11.4. The highest BCUT2D eigenvalue weighted by Crippen LogP contribution is 2.29. The van der Waals surface area contributed by atoms with Crippen molar-refractivity contribution in [3.63, 3.8) is 0 Å². The van der Waals surface area contributed by atoms with Crippen molar-refractivity contribution in [2.75, 3.05) is 5.32 Å². The standard InChI is InChI=1S/C15H12FN5O3/c1-7(22)18-11-6-21-12(19-11)5-3-9(20-21)8-2-4-10(23)13(14(8)16)15(17)24/h2-6,23H,1H3,(H2,17,24)(H,18,22). The van der Waals surface area contributed by atoms with Gasteiger partial charge in [0.25, 0.3) is 5.91 Å². The van der Waals surface area contributed by atoms with Gasteiger partial charge in [0.05, 0.1) is 11.9 Å². The number of aromatic hydroxyl groups is 1. The van der Waals surface area contributed by atoms with E-state index in [0.717, 1.165) is 0 Å². The van der Waals surface area contributed by atoms with E-state index in [2.05, 4.69) is 15.4 Å². The number of primary amides is 1. The van der Waals surface area contributed by atoms with Gasteiger partial charge in [0.15, 0.2) is 11.5 Å². The van der Waals surface area contributed by atoms with Gasteiger partial charge in [0.1, 0.15) is 17.1 Å². The van der Waals surface area contributed by atoms with Gasteiger partial charge in [-0.05, 0) is 24.3 Å². The van der Waals surface area contributed by atoms with Crippen LogP contribution in [0, 0.1) is 5.82 Å². The minimum Gasteiger partial charge on any atom is -0.507 e. The molecule has 0 unspecified atom stereocenters. The number of carbonyl (C=O) groups is 2. The van der Waals surface area contributed by atoms with E-state index in [0.29, 0.717) is 11.5 Å². The number of fused-ring (bicyclic) bond motifs is 1. The van der Waals surface area contributed by atoms with E-state index < -0.39 is 23.0 Å². The van der Waals surface area contributed by atoms with E-state index in [1.165, 1.54) is 35.8 Å². The molecule has 3 rings (SSSR count). The number of anilines is 1. The van der Waals surface area contributed by atoms with Crippen molar-refractivity contribution in [2.45, 2.75) is 6.92 Å². The monoisotopic (exact) mass is 329 g/mol. The van der Waals surface area contributed by atoms with E-state index in [9.17, 15) is 19.1 Å². The first kappa shape index (κ1) is 15.4. The van der Waals surface area contributed by atoms with Crippen LogP contribution in [0.5, 0.6) is 5.75 Å². The number of phenols is 1. The number of imidazole rings is 1. The molecule has 0 fully saturated rings. The highest BCUT2D eigenvalue weighted by atomic mass is 19.1. The van der Waals surface area contributed by atoms with Crippen LogP contribution in [0.15, 0.2) is 30.5 Å². The summed E-state index contributed by atoms with van der Waals surface area (Å²) < 4.78 is 15.8. The molecule has 3 aromatic rings. The first-order valence-electron chi connectivity index (χ1n) is 6.82. The molecule has 2 aromatic heterocycles. The molecule has 9 heteroatoms. The van der Waals surface area contributed by atoms with Crippen molar-refractivity contribution in [3.8, 4) is 17.0 Å². The Morgan fingerprint density at radius 2 is 2.04 bits per heavy atom. The summed E-state index contributed by atoms with van der Waals surface area (Å²) in [5.74, 6) is -2.56. The molecule has 24 heavy (non-hydrogen) atoms. The summed E-state index contributed by atoms with van der Waals surface area (Å²) in [5.41, 5.74) is 5.13. The molecule has 0 bridgehead atoms. The molecule has 2 heterocycles. The van der Waals surface area contributed by atoms with Gasteiger partial charge in [0, 0.05) is 12.5 Å². The SMILES string of the molecule is CC(=O)Nc1cn2nc(-c3ccc(O)c(C(N)=O)c3F)ccc2n1. The molecule has 0 saturated heterocycles. The number of aromatic nitrogens is 3. The number of carbonyl (C=O) groups excluding carboxylic acids is 2. The Bertz CT molecular complexity index is 983. The fraction of sp³-hybridized carbons (Fsp3) is 0.0667. The van der Waals surface area contributed by atoms with Crippen LogP contribution in [0.4, 0.5) is 10.2 Å². The zero-order valence-electron chi connectivity index (χ0n) is 12.4. The van der Waals surface area contributed by atoms with Crippen LogP contribution in [0.3, 0.4) is 0 Å². The Morgan fingerprint density at radius 1 is 1.29 bits per heavy atom. The summed E-state index contributed by atoms with van der Waals surface area (Å²) in [6.45, 7) is 1.35. The van der Waals surface area contributed by atoms with Crippen LogP contribution < -0.4 is 11.1 Å². The predicted octanol–water partition coefficient (Wildman–Crippen LogP) is 1.30. The number of benzene rings is 1. The molecule has 2 amide bonds. The molecule has 122 valence electrons. The van der Waals surface area contributed by atoms with Crippen molar-refractivity contribution >= 4 is 23.3 Å². The molecule has 0 atom stereocenters. The third kappa shape index (κ3) is 2.62. The fourth-order valence-corrected chi connectivity index (χ4v) is 2.26. The molecule has 0 aliphatic carbocycles. The van der Waals surface area contributed by atoms with Crippen molar-refractivity contribution in [3.05, 3.63) is 41.8 Å². The predicted molar refractivity (Wildman–Crippen MR) is 82.9 cm³/mol. The molecule has 0 spiro atoms. The van der Waals surface area contributed by atoms with E-state index in [1.54, 1.807) is 6.07 Å². The minimum absolute atomic E-state index is 0.00160.